The SMILES string of the molecule is CCC/C(=C(Cl)\N=C(/C)c1ccc(F)nc1)c1ccc(OCC2=C(F)C=C(C(F)(F)F)CN2)c(OC)c1. The molecule has 1 aromatic carbocycles. The highest BCUT2D eigenvalue weighted by atomic mass is 35.5. The van der Waals surface area contributed by atoms with Crippen LogP contribution in [-0.2, 0) is 0 Å². The maximum atomic E-state index is 14.2. The molecule has 0 amide bonds. The molecule has 0 saturated carbocycles. The van der Waals surface area contributed by atoms with E-state index >= 15 is 0 Å². The Kier molecular flexibility index (Phi) is 9.31. The minimum absolute atomic E-state index is 0.103. The van der Waals surface area contributed by atoms with Crippen molar-refractivity contribution in [2.75, 3.05) is 20.3 Å². The van der Waals surface area contributed by atoms with E-state index in [0.29, 0.717) is 35.1 Å². The van der Waals surface area contributed by atoms with Crippen LogP contribution < -0.4 is 14.8 Å². The van der Waals surface area contributed by atoms with E-state index in [1.165, 1.54) is 19.4 Å². The number of hydrogen-bond donors (Lipinski definition) is 1. The Balaban J connectivity index is 1.85. The number of nitrogens with one attached hydrogen (secondary N) is 1. The second kappa shape index (κ2) is 12.2. The number of methoxy groups -OCH3 is 1. The lowest BCUT2D eigenvalue weighted by atomic mass is 10.0. The molecule has 1 aliphatic rings. The van der Waals surface area contributed by atoms with Crippen LogP contribution in [0.5, 0.6) is 11.5 Å². The minimum Gasteiger partial charge on any atom is -0.493 e. The number of benzene rings is 1. The molecule has 3 rings (SSSR count). The van der Waals surface area contributed by atoms with Crippen molar-refractivity contribution in [1.29, 1.82) is 0 Å². The lowest BCUT2D eigenvalue weighted by molar-refractivity contribution is -0.0932. The standard InChI is InChI=1S/C26H25ClF5N3O2/c1-4-5-19(25(27)35-15(2)17-7-9-24(29)34-12-17)16-6-8-22(23(10-16)36-3)37-14-21-20(28)11-18(13-33-21)26(30,31)32/h6-12,33H,4-5,13-14H2,1-3H3/b25-19+,35-15+. The number of pyridine rings is 1. The van der Waals surface area contributed by atoms with Crippen molar-refractivity contribution in [3.8, 4) is 11.5 Å². The number of dihydropyridines is 1. The first kappa shape index (κ1) is 28.2. The molecule has 0 atom stereocenters. The van der Waals surface area contributed by atoms with Gasteiger partial charge in [-0.1, -0.05) is 31.0 Å². The molecule has 0 aliphatic carbocycles. The third-order valence-electron chi connectivity index (χ3n) is 5.49. The van der Waals surface area contributed by atoms with Gasteiger partial charge in [0.25, 0.3) is 0 Å². The molecule has 0 spiro atoms. The summed E-state index contributed by atoms with van der Waals surface area (Å²) in [5, 5.41) is 2.66. The van der Waals surface area contributed by atoms with Gasteiger partial charge in [0, 0.05) is 24.0 Å². The van der Waals surface area contributed by atoms with Gasteiger partial charge in [-0.3, -0.25) is 0 Å². The molecule has 0 saturated heterocycles. The van der Waals surface area contributed by atoms with Gasteiger partial charge in [0.05, 0.1) is 18.4 Å². The van der Waals surface area contributed by atoms with Crippen molar-refractivity contribution in [2.24, 2.45) is 4.99 Å². The molecule has 1 aromatic heterocycles. The van der Waals surface area contributed by atoms with Crippen LogP contribution in [0.2, 0.25) is 0 Å². The summed E-state index contributed by atoms with van der Waals surface area (Å²) in [5.41, 5.74) is 1.51. The number of hydrogen-bond acceptors (Lipinski definition) is 5. The van der Waals surface area contributed by atoms with Crippen molar-refractivity contribution < 1.29 is 31.4 Å². The number of nitrogens with zero attached hydrogens (tertiary/aromatic N) is 2. The van der Waals surface area contributed by atoms with E-state index in [0.717, 1.165) is 12.0 Å². The molecular formula is C26H25ClF5N3O2. The van der Waals surface area contributed by atoms with Gasteiger partial charge >= 0.3 is 6.18 Å². The van der Waals surface area contributed by atoms with Gasteiger partial charge in [0.1, 0.15) is 17.6 Å². The molecule has 1 N–H and O–H groups in total. The van der Waals surface area contributed by atoms with Gasteiger partial charge in [-0.15, -0.1) is 0 Å². The number of ether oxygens (including phenoxy) is 2. The summed E-state index contributed by atoms with van der Waals surface area (Å²) in [6.45, 7) is 2.84. The Hall–Kier alpha value is -3.40. The van der Waals surface area contributed by atoms with Gasteiger partial charge in [0.15, 0.2) is 11.5 Å². The molecule has 5 nitrogen and oxygen atoms in total. The molecule has 2 aromatic rings. The molecule has 0 fully saturated rings. The molecule has 0 unspecified atom stereocenters. The van der Waals surface area contributed by atoms with Gasteiger partial charge < -0.3 is 14.8 Å². The number of aliphatic imine (C=N–C) groups is 1. The normalized spacial score (nSPS) is 15.2. The zero-order chi connectivity index (χ0) is 27.2. The van der Waals surface area contributed by atoms with Gasteiger partial charge in [0.2, 0.25) is 5.95 Å². The molecule has 11 heteroatoms. The third kappa shape index (κ3) is 7.31. The molecule has 1 aliphatic heterocycles. The highest BCUT2D eigenvalue weighted by Crippen LogP contribution is 2.35. The Labute approximate surface area is 216 Å². The van der Waals surface area contributed by atoms with Crippen LogP contribution in [0.1, 0.15) is 37.8 Å². The van der Waals surface area contributed by atoms with E-state index in [1.807, 2.05) is 6.92 Å². The largest absolute Gasteiger partial charge is 0.493 e. The molecule has 2 heterocycles. The van der Waals surface area contributed by atoms with Gasteiger partial charge in [-0.05, 0) is 54.8 Å². The van der Waals surface area contributed by atoms with Crippen LogP contribution in [0.4, 0.5) is 22.0 Å². The quantitative estimate of drug-likeness (QED) is 0.159. The first-order valence-corrected chi connectivity index (χ1v) is 11.7. The van der Waals surface area contributed by atoms with E-state index in [4.69, 9.17) is 21.1 Å². The number of halogens is 6. The average molecular weight is 542 g/mol. The fourth-order valence-electron chi connectivity index (χ4n) is 3.49. The van der Waals surface area contributed by atoms with Crippen LogP contribution in [-0.4, -0.2) is 37.1 Å². The molecule has 198 valence electrons. The van der Waals surface area contributed by atoms with E-state index in [-0.39, 0.29) is 23.2 Å². The lowest BCUT2D eigenvalue weighted by Gasteiger charge is -2.21. The topological polar surface area (TPSA) is 55.7 Å². The van der Waals surface area contributed by atoms with Crippen LogP contribution in [0, 0.1) is 5.95 Å². The maximum absolute atomic E-state index is 14.2. The maximum Gasteiger partial charge on any atom is 0.414 e. The lowest BCUT2D eigenvalue weighted by Crippen LogP contribution is -2.30. The van der Waals surface area contributed by atoms with Crippen LogP contribution >= 0.6 is 11.6 Å². The zero-order valence-electron chi connectivity index (χ0n) is 20.3. The summed E-state index contributed by atoms with van der Waals surface area (Å²) in [5.74, 6) is -1.05. The summed E-state index contributed by atoms with van der Waals surface area (Å²) >= 11 is 6.58. The molecular weight excluding hydrogens is 517 g/mol. The Morgan fingerprint density at radius 1 is 1.14 bits per heavy atom. The number of aromatic nitrogens is 1. The average Bonchev–Trinajstić information content (AvgIpc) is 2.86. The van der Waals surface area contributed by atoms with Crippen molar-refractivity contribution in [1.82, 2.24) is 10.3 Å². The van der Waals surface area contributed by atoms with E-state index < -0.39 is 30.1 Å². The predicted octanol–water partition coefficient (Wildman–Crippen LogP) is 7.10. The van der Waals surface area contributed by atoms with Crippen molar-refractivity contribution in [3.63, 3.8) is 0 Å². The van der Waals surface area contributed by atoms with Crippen molar-refractivity contribution in [2.45, 2.75) is 32.9 Å². The van der Waals surface area contributed by atoms with Crippen LogP contribution in [0.3, 0.4) is 0 Å². The van der Waals surface area contributed by atoms with E-state index in [2.05, 4.69) is 15.3 Å². The zero-order valence-corrected chi connectivity index (χ0v) is 21.1. The monoisotopic (exact) mass is 541 g/mol. The second-order valence-corrected chi connectivity index (χ2v) is 8.45. The van der Waals surface area contributed by atoms with E-state index in [1.54, 1.807) is 31.2 Å². The summed E-state index contributed by atoms with van der Waals surface area (Å²) in [6, 6.07) is 7.81. The number of alkyl halides is 3. The fourth-order valence-corrected chi connectivity index (χ4v) is 3.82. The number of allylic oxidation sites excluding steroid dienone is 3. The molecule has 0 radical (unpaired) electrons. The Bertz CT molecular complexity index is 1250. The summed E-state index contributed by atoms with van der Waals surface area (Å²) in [7, 11) is 1.43. The Morgan fingerprint density at radius 2 is 1.86 bits per heavy atom. The van der Waals surface area contributed by atoms with Crippen molar-refractivity contribution >= 4 is 22.9 Å². The molecule has 0 bridgehead atoms. The van der Waals surface area contributed by atoms with E-state index in [9.17, 15) is 22.0 Å². The van der Waals surface area contributed by atoms with Crippen LogP contribution in [0.25, 0.3) is 5.57 Å². The third-order valence-corrected chi connectivity index (χ3v) is 5.80. The molecule has 37 heavy (non-hydrogen) atoms. The summed E-state index contributed by atoms with van der Waals surface area (Å²) < 4.78 is 76.7. The summed E-state index contributed by atoms with van der Waals surface area (Å²) in [6.07, 6.45) is -1.42. The predicted molar refractivity (Wildman–Crippen MR) is 133 cm³/mol. The van der Waals surface area contributed by atoms with Gasteiger partial charge in [-0.2, -0.15) is 17.6 Å². The van der Waals surface area contributed by atoms with Gasteiger partial charge in [-0.25, -0.2) is 14.4 Å². The number of rotatable bonds is 9. The van der Waals surface area contributed by atoms with Crippen molar-refractivity contribution in [3.05, 3.63) is 81.9 Å². The first-order chi connectivity index (χ1) is 17.5. The highest BCUT2D eigenvalue weighted by Gasteiger charge is 2.35. The highest BCUT2D eigenvalue weighted by molar-refractivity contribution is 6.33. The van der Waals surface area contributed by atoms with Crippen LogP contribution in [0.15, 0.2) is 69.9 Å². The fraction of sp³-hybridized carbons (Fsp3) is 0.308. The second-order valence-electron chi connectivity index (χ2n) is 8.09. The Morgan fingerprint density at radius 3 is 2.46 bits per heavy atom. The summed E-state index contributed by atoms with van der Waals surface area (Å²) in [4.78, 5) is 8.09. The smallest absolute Gasteiger partial charge is 0.414 e. The minimum atomic E-state index is -4.61. The first-order valence-electron chi connectivity index (χ1n) is 11.3.